The Morgan fingerprint density at radius 3 is 2.75 bits per heavy atom. The number of aromatic carboxylic acids is 1. The maximum atomic E-state index is 11.1. The predicted octanol–water partition coefficient (Wildman–Crippen LogP) is 3.25. The number of halogens is 2. The molecule has 0 unspecified atom stereocenters. The molecule has 7 heteroatoms. The van der Waals surface area contributed by atoms with E-state index in [2.05, 4.69) is 4.98 Å². The van der Waals surface area contributed by atoms with E-state index in [0.717, 1.165) is 0 Å². The molecule has 0 saturated heterocycles. The summed E-state index contributed by atoms with van der Waals surface area (Å²) in [6.45, 7) is 1.63. The van der Waals surface area contributed by atoms with Gasteiger partial charge in [0.15, 0.2) is 5.69 Å². The highest BCUT2D eigenvalue weighted by molar-refractivity contribution is 7.20. The molecule has 0 aliphatic carbocycles. The van der Waals surface area contributed by atoms with Crippen LogP contribution in [-0.2, 0) is 0 Å². The van der Waals surface area contributed by atoms with Crippen LogP contribution < -0.4 is 0 Å². The van der Waals surface area contributed by atoms with Crippen LogP contribution in [0.4, 0.5) is 0 Å². The van der Waals surface area contributed by atoms with Crippen molar-refractivity contribution in [1.82, 2.24) is 9.55 Å². The van der Waals surface area contributed by atoms with Crippen molar-refractivity contribution in [3.63, 3.8) is 0 Å². The van der Waals surface area contributed by atoms with E-state index >= 15 is 0 Å². The van der Waals surface area contributed by atoms with Gasteiger partial charge in [-0.1, -0.05) is 23.2 Å². The zero-order valence-electron chi connectivity index (χ0n) is 8.07. The fourth-order valence-corrected chi connectivity index (χ4v) is 2.83. The first-order chi connectivity index (χ1) is 7.50. The van der Waals surface area contributed by atoms with Crippen molar-refractivity contribution < 1.29 is 9.90 Å². The summed E-state index contributed by atoms with van der Waals surface area (Å²) < 4.78 is 2.36. The minimum Gasteiger partial charge on any atom is -0.477 e. The Bertz CT molecular complexity index is 562. The molecule has 4 nitrogen and oxygen atoms in total. The second-order valence-corrected chi connectivity index (χ2v) is 5.35. The maximum Gasteiger partial charge on any atom is 0.354 e. The molecule has 0 spiro atoms. The van der Waals surface area contributed by atoms with Gasteiger partial charge in [0, 0.05) is 0 Å². The van der Waals surface area contributed by atoms with Crippen LogP contribution in [-0.4, -0.2) is 20.6 Å². The smallest absolute Gasteiger partial charge is 0.354 e. The summed E-state index contributed by atoms with van der Waals surface area (Å²) in [7, 11) is 0. The van der Waals surface area contributed by atoms with E-state index in [9.17, 15) is 4.79 Å². The molecule has 0 aromatic carbocycles. The highest BCUT2D eigenvalue weighted by Gasteiger charge is 2.18. The number of carboxylic acid groups (broad SMARTS) is 1. The number of aromatic nitrogens is 2. The standard InChI is InChI=1S/C9H6Cl2N2O2S/c1-4-7(9(14)15)13(3-12-4)5-2-6(10)16-8(5)11/h2-3H,1H3,(H,14,15). The summed E-state index contributed by atoms with van der Waals surface area (Å²) >= 11 is 12.9. The van der Waals surface area contributed by atoms with Crippen LogP contribution in [0.3, 0.4) is 0 Å². The maximum absolute atomic E-state index is 11.1. The van der Waals surface area contributed by atoms with Gasteiger partial charge in [0.1, 0.15) is 10.7 Å². The van der Waals surface area contributed by atoms with E-state index in [0.29, 0.717) is 20.1 Å². The number of nitrogens with zero attached hydrogens (tertiary/aromatic N) is 2. The van der Waals surface area contributed by atoms with Crippen molar-refractivity contribution in [3.8, 4) is 5.69 Å². The first-order valence-corrected chi connectivity index (χ1v) is 5.80. The van der Waals surface area contributed by atoms with Crippen molar-refractivity contribution in [3.05, 3.63) is 32.5 Å². The Morgan fingerprint density at radius 2 is 2.25 bits per heavy atom. The fourth-order valence-electron chi connectivity index (χ4n) is 1.37. The van der Waals surface area contributed by atoms with Gasteiger partial charge in [-0.3, -0.25) is 4.57 Å². The van der Waals surface area contributed by atoms with Gasteiger partial charge in [-0.25, -0.2) is 9.78 Å². The van der Waals surface area contributed by atoms with Crippen molar-refractivity contribution in [2.75, 3.05) is 0 Å². The van der Waals surface area contributed by atoms with Crippen molar-refractivity contribution >= 4 is 40.5 Å². The quantitative estimate of drug-likeness (QED) is 0.916. The Hall–Kier alpha value is -1.04. The average Bonchev–Trinajstić information content (AvgIpc) is 2.69. The molecule has 16 heavy (non-hydrogen) atoms. The number of rotatable bonds is 2. The first-order valence-electron chi connectivity index (χ1n) is 4.23. The predicted molar refractivity (Wildman–Crippen MR) is 63.2 cm³/mol. The summed E-state index contributed by atoms with van der Waals surface area (Å²) in [6, 6.07) is 1.61. The van der Waals surface area contributed by atoms with Gasteiger partial charge in [0.25, 0.3) is 0 Å². The van der Waals surface area contributed by atoms with Crippen LogP contribution in [0.25, 0.3) is 5.69 Å². The molecule has 84 valence electrons. The van der Waals surface area contributed by atoms with E-state index < -0.39 is 5.97 Å². The van der Waals surface area contributed by atoms with Crippen LogP contribution >= 0.6 is 34.5 Å². The normalized spacial score (nSPS) is 10.7. The van der Waals surface area contributed by atoms with E-state index in [1.165, 1.54) is 22.2 Å². The van der Waals surface area contributed by atoms with Crippen molar-refractivity contribution in [2.24, 2.45) is 0 Å². The van der Waals surface area contributed by atoms with Gasteiger partial charge in [-0.15, -0.1) is 11.3 Å². The zero-order chi connectivity index (χ0) is 11.9. The molecular weight excluding hydrogens is 271 g/mol. The number of hydrogen-bond acceptors (Lipinski definition) is 3. The topological polar surface area (TPSA) is 55.1 Å². The van der Waals surface area contributed by atoms with Gasteiger partial charge >= 0.3 is 5.97 Å². The van der Waals surface area contributed by atoms with Crippen LogP contribution in [0.15, 0.2) is 12.4 Å². The minimum atomic E-state index is -1.05. The molecule has 0 amide bonds. The molecule has 0 atom stereocenters. The Morgan fingerprint density at radius 1 is 1.56 bits per heavy atom. The molecule has 2 heterocycles. The SMILES string of the molecule is Cc1ncn(-c2cc(Cl)sc2Cl)c1C(=O)O. The van der Waals surface area contributed by atoms with Gasteiger partial charge in [-0.2, -0.15) is 0 Å². The Kier molecular flexibility index (Phi) is 2.92. The summed E-state index contributed by atoms with van der Waals surface area (Å²) in [5.74, 6) is -1.05. The van der Waals surface area contributed by atoms with Crippen LogP contribution in [0.2, 0.25) is 8.67 Å². The van der Waals surface area contributed by atoms with Crippen LogP contribution in [0.5, 0.6) is 0 Å². The van der Waals surface area contributed by atoms with Gasteiger partial charge < -0.3 is 5.11 Å². The number of thiophene rings is 1. The Labute approximate surface area is 105 Å². The minimum absolute atomic E-state index is 0.0939. The summed E-state index contributed by atoms with van der Waals surface area (Å²) in [4.78, 5) is 15.0. The van der Waals surface area contributed by atoms with E-state index in [4.69, 9.17) is 28.3 Å². The lowest BCUT2D eigenvalue weighted by molar-refractivity contribution is 0.0687. The second kappa shape index (κ2) is 4.08. The molecule has 0 radical (unpaired) electrons. The molecule has 0 aliphatic rings. The first kappa shape index (κ1) is 11.4. The molecule has 2 rings (SSSR count). The van der Waals surface area contributed by atoms with Crippen LogP contribution in [0.1, 0.15) is 16.2 Å². The molecule has 0 aliphatic heterocycles. The van der Waals surface area contributed by atoms with Crippen molar-refractivity contribution in [1.29, 1.82) is 0 Å². The van der Waals surface area contributed by atoms with Gasteiger partial charge in [-0.05, 0) is 13.0 Å². The average molecular weight is 277 g/mol. The highest BCUT2D eigenvalue weighted by atomic mass is 35.5. The van der Waals surface area contributed by atoms with Gasteiger partial charge in [0.2, 0.25) is 0 Å². The summed E-state index contributed by atoms with van der Waals surface area (Å²) in [6.07, 6.45) is 1.42. The number of carbonyl (C=O) groups is 1. The number of carboxylic acids is 1. The lowest BCUT2D eigenvalue weighted by Crippen LogP contribution is -2.07. The molecule has 2 aromatic heterocycles. The number of imidazole rings is 1. The highest BCUT2D eigenvalue weighted by Crippen LogP contribution is 2.34. The molecule has 2 aromatic rings. The molecule has 0 saturated carbocycles. The number of aryl methyl sites for hydroxylation is 1. The lowest BCUT2D eigenvalue weighted by Gasteiger charge is -2.03. The van der Waals surface area contributed by atoms with Gasteiger partial charge in [0.05, 0.1) is 15.7 Å². The Balaban J connectivity index is 2.65. The molecule has 0 fully saturated rings. The molecular formula is C9H6Cl2N2O2S. The molecule has 0 bridgehead atoms. The van der Waals surface area contributed by atoms with E-state index in [-0.39, 0.29) is 5.69 Å². The van der Waals surface area contributed by atoms with Crippen LogP contribution in [0, 0.1) is 6.92 Å². The monoisotopic (exact) mass is 276 g/mol. The molecule has 1 N–H and O–H groups in total. The van der Waals surface area contributed by atoms with E-state index in [1.807, 2.05) is 0 Å². The second-order valence-electron chi connectivity index (χ2n) is 3.06. The fraction of sp³-hybridized carbons (Fsp3) is 0.111. The lowest BCUT2D eigenvalue weighted by atomic mass is 10.3. The zero-order valence-corrected chi connectivity index (χ0v) is 10.4. The third kappa shape index (κ3) is 1.81. The van der Waals surface area contributed by atoms with E-state index in [1.54, 1.807) is 13.0 Å². The summed E-state index contributed by atoms with van der Waals surface area (Å²) in [5.41, 5.74) is 1.07. The van der Waals surface area contributed by atoms with Crippen molar-refractivity contribution in [2.45, 2.75) is 6.92 Å². The summed E-state index contributed by atoms with van der Waals surface area (Å²) in [5, 5.41) is 9.06. The largest absolute Gasteiger partial charge is 0.477 e. The third-order valence-electron chi connectivity index (χ3n) is 2.05. The number of hydrogen-bond donors (Lipinski definition) is 1. The third-order valence-corrected chi connectivity index (χ3v) is 3.52.